The summed E-state index contributed by atoms with van der Waals surface area (Å²) >= 11 is 5.96. The lowest BCUT2D eigenvalue weighted by atomic mass is 9.90. The van der Waals surface area contributed by atoms with Crippen molar-refractivity contribution in [3.05, 3.63) is 34.9 Å². The van der Waals surface area contributed by atoms with Crippen molar-refractivity contribution in [2.45, 2.75) is 38.2 Å². The van der Waals surface area contributed by atoms with E-state index in [1.807, 2.05) is 24.3 Å². The second-order valence-electron chi connectivity index (χ2n) is 4.94. The molecule has 2 nitrogen and oxygen atoms in total. The van der Waals surface area contributed by atoms with Crippen LogP contribution in [0.5, 0.6) is 0 Å². The molecule has 0 aromatic heterocycles. The van der Waals surface area contributed by atoms with E-state index in [1.54, 1.807) is 7.11 Å². The third-order valence-electron chi connectivity index (χ3n) is 3.19. The molecule has 0 saturated carbocycles. The van der Waals surface area contributed by atoms with E-state index in [9.17, 15) is 5.11 Å². The zero-order valence-electron chi connectivity index (χ0n) is 10.7. The van der Waals surface area contributed by atoms with Gasteiger partial charge in [0.15, 0.2) is 0 Å². The van der Waals surface area contributed by atoms with Crippen LogP contribution in [0.3, 0.4) is 0 Å². The number of hydrogen-bond donors (Lipinski definition) is 1. The van der Waals surface area contributed by atoms with Crippen LogP contribution in [0.2, 0.25) is 5.02 Å². The molecule has 1 unspecified atom stereocenters. The summed E-state index contributed by atoms with van der Waals surface area (Å²) in [4.78, 5) is 0. The van der Waals surface area contributed by atoms with E-state index in [0.717, 1.165) is 18.4 Å². The maximum Gasteiger partial charge on any atom is 0.0623 e. The summed E-state index contributed by atoms with van der Waals surface area (Å²) in [7, 11) is 1.72. The second-order valence-corrected chi connectivity index (χ2v) is 5.37. The Labute approximate surface area is 109 Å². The summed E-state index contributed by atoms with van der Waals surface area (Å²) in [5, 5.41) is 10.2. The molecule has 0 aliphatic rings. The van der Waals surface area contributed by atoms with Crippen LogP contribution in [0.1, 0.15) is 38.2 Å². The number of hydrogen-bond acceptors (Lipinski definition) is 2. The molecule has 0 spiro atoms. The van der Waals surface area contributed by atoms with Crippen molar-refractivity contribution in [3.8, 4) is 0 Å². The fourth-order valence-electron chi connectivity index (χ4n) is 1.75. The van der Waals surface area contributed by atoms with Crippen molar-refractivity contribution in [2.24, 2.45) is 0 Å². The van der Waals surface area contributed by atoms with Gasteiger partial charge in [-0.25, -0.2) is 0 Å². The lowest BCUT2D eigenvalue weighted by molar-refractivity contribution is 0.0111. The second kappa shape index (κ2) is 6.39. The van der Waals surface area contributed by atoms with Gasteiger partial charge in [0.2, 0.25) is 0 Å². The van der Waals surface area contributed by atoms with Crippen LogP contribution < -0.4 is 0 Å². The molecule has 17 heavy (non-hydrogen) atoms. The maximum atomic E-state index is 9.46. The van der Waals surface area contributed by atoms with Crippen molar-refractivity contribution < 1.29 is 9.84 Å². The predicted octanol–water partition coefficient (Wildman–Crippen LogP) is 3.62. The molecule has 0 saturated heterocycles. The van der Waals surface area contributed by atoms with Gasteiger partial charge in [-0.1, -0.05) is 23.7 Å². The van der Waals surface area contributed by atoms with Gasteiger partial charge in [-0.15, -0.1) is 0 Å². The molecule has 1 atom stereocenters. The Morgan fingerprint density at radius 1 is 1.41 bits per heavy atom. The van der Waals surface area contributed by atoms with Gasteiger partial charge in [0.1, 0.15) is 0 Å². The van der Waals surface area contributed by atoms with E-state index in [0.29, 0.717) is 5.02 Å². The third-order valence-corrected chi connectivity index (χ3v) is 3.42. The van der Waals surface area contributed by atoms with Crippen LogP contribution in [-0.4, -0.2) is 24.4 Å². The van der Waals surface area contributed by atoms with Crippen molar-refractivity contribution in [1.82, 2.24) is 0 Å². The van der Waals surface area contributed by atoms with E-state index < -0.39 is 0 Å². The number of halogens is 1. The molecule has 1 N–H and O–H groups in total. The van der Waals surface area contributed by atoms with Crippen LogP contribution in [0.4, 0.5) is 0 Å². The molecule has 1 aromatic carbocycles. The quantitative estimate of drug-likeness (QED) is 0.842. The fraction of sp³-hybridized carbons (Fsp3) is 0.571. The molecule has 0 radical (unpaired) electrons. The molecular formula is C14H21ClO2. The van der Waals surface area contributed by atoms with E-state index in [1.165, 1.54) is 0 Å². The summed E-state index contributed by atoms with van der Waals surface area (Å²) in [6.07, 6.45) is 1.79. The highest BCUT2D eigenvalue weighted by Gasteiger charge is 2.20. The van der Waals surface area contributed by atoms with Crippen molar-refractivity contribution >= 4 is 11.6 Å². The molecule has 0 fully saturated rings. The van der Waals surface area contributed by atoms with Crippen LogP contribution in [0.15, 0.2) is 24.3 Å². The Morgan fingerprint density at radius 2 is 2.12 bits per heavy atom. The molecule has 0 amide bonds. The minimum atomic E-state index is -0.147. The number of aliphatic hydroxyl groups excluding tert-OH is 1. The standard InChI is InChI=1S/C14H21ClO2/c1-14(2,17-3)8-7-12(10-16)11-5-4-6-13(15)9-11/h4-6,9,12,16H,7-8,10H2,1-3H3. The maximum absolute atomic E-state index is 9.46. The predicted molar refractivity (Wildman–Crippen MR) is 71.6 cm³/mol. The Kier molecular flexibility index (Phi) is 5.44. The normalized spacial score (nSPS) is 13.7. The van der Waals surface area contributed by atoms with Crippen LogP contribution in [0.25, 0.3) is 0 Å². The van der Waals surface area contributed by atoms with Gasteiger partial charge in [0, 0.05) is 24.7 Å². The average Bonchev–Trinajstić information content (AvgIpc) is 2.30. The van der Waals surface area contributed by atoms with Crippen LogP contribution in [-0.2, 0) is 4.74 Å². The average molecular weight is 257 g/mol. The molecule has 0 bridgehead atoms. The summed E-state index contributed by atoms with van der Waals surface area (Å²) in [5.74, 6) is 0.128. The zero-order chi connectivity index (χ0) is 12.9. The lowest BCUT2D eigenvalue weighted by Crippen LogP contribution is -2.23. The fourth-order valence-corrected chi connectivity index (χ4v) is 1.95. The number of rotatable bonds is 6. The molecule has 3 heteroatoms. The Bertz CT molecular complexity index is 350. The highest BCUT2D eigenvalue weighted by atomic mass is 35.5. The van der Waals surface area contributed by atoms with Gasteiger partial charge < -0.3 is 9.84 Å². The molecule has 0 heterocycles. The summed E-state index contributed by atoms with van der Waals surface area (Å²) < 4.78 is 5.38. The van der Waals surface area contributed by atoms with Gasteiger partial charge >= 0.3 is 0 Å². The van der Waals surface area contributed by atoms with Crippen LogP contribution >= 0.6 is 11.6 Å². The van der Waals surface area contributed by atoms with E-state index >= 15 is 0 Å². The van der Waals surface area contributed by atoms with Gasteiger partial charge in [0.25, 0.3) is 0 Å². The number of aliphatic hydroxyl groups is 1. The largest absolute Gasteiger partial charge is 0.396 e. The minimum absolute atomic E-state index is 0.128. The topological polar surface area (TPSA) is 29.5 Å². The summed E-state index contributed by atoms with van der Waals surface area (Å²) in [6, 6.07) is 7.69. The van der Waals surface area contributed by atoms with Gasteiger partial charge in [-0.3, -0.25) is 0 Å². The first-order valence-corrected chi connectivity index (χ1v) is 6.28. The first-order valence-electron chi connectivity index (χ1n) is 5.90. The van der Waals surface area contributed by atoms with Crippen molar-refractivity contribution in [3.63, 3.8) is 0 Å². The van der Waals surface area contributed by atoms with Gasteiger partial charge in [-0.2, -0.15) is 0 Å². The zero-order valence-corrected chi connectivity index (χ0v) is 11.5. The minimum Gasteiger partial charge on any atom is -0.396 e. The smallest absolute Gasteiger partial charge is 0.0623 e. The number of benzene rings is 1. The molecule has 96 valence electrons. The SMILES string of the molecule is COC(C)(C)CCC(CO)c1cccc(Cl)c1. The third kappa shape index (κ3) is 4.66. The number of ether oxygens (including phenoxy) is 1. The van der Waals surface area contributed by atoms with E-state index in [4.69, 9.17) is 16.3 Å². The molecule has 1 rings (SSSR count). The highest BCUT2D eigenvalue weighted by molar-refractivity contribution is 6.30. The molecule has 1 aromatic rings. The Morgan fingerprint density at radius 3 is 2.65 bits per heavy atom. The molecular weight excluding hydrogens is 236 g/mol. The van der Waals surface area contributed by atoms with E-state index in [2.05, 4.69) is 13.8 Å². The van der Waals surface area contributed by atoms with Gasteiger partial charge in [0.05, 0.1) is 5.60 Å². The van der Waals surface area contributed by atoms with Crippen molar-refractivity contribution in [1.29, 1.82) is 0 Å². The lowest BCUT2D eigenvalue weighted by Gasteiger charge is -2.25. The van der Waals surface area contributed by atoms with Gasteiger partial charge in [-0.05, 0) is 44.4 Å². The first kappa shape index (κ1) is 14.5. The summed E-state index contributed by atoms with van der Waals surface area (Å²) in [6.45, 7) is 4.25. The Hall–Kier alpha value is -0.570. The van der Waals surface area contributed by atoms with Crippen molar-refractivity contribution in [2.75, 3.05) is 13.7 Å². The summed E-state index contributed by atoms with van der Waals surface area (Å²) in [5.41, 5.74) is 0.943. The highest BCUT2D eigenvalue weighted by Crippen LogP contribution is 2.27. The Balaban J connectivity index is 2.66. The first-order chi connectivity index (χ1) is 7.98. The van der Waals surface area contributed by atoms with Crippen LogP contribution in [0, 0.1) is 0 Å². The monoisotopic (exact) mass is 256 g/mol. The molecule has 0 aliphatic heterocycles. The molecule has 0 aliphatic carbocycles. The van der Waals surface area contributed by atoms with E-state index in [-0.39, 0.29) is 18.1 Å². The number of methoxy groups -OCH3 is 1.